The minimum Gasteiger partial charge on any atom is -0.491 e. The molecule has 1 aliphatic heterocycles. The molecule has 6 heteroatoms. The highest BCUT2D eigenvalue weighted by Crippen LogP contribution is 2.37. The Kier molecular flexibility index (Phi) is 6.14. The Morgan fingerprint density at radius 1 is 1.20 bits per heavy atom. The van der Waals surface area contributed by atoms with Crippen LogP contribution in [0, 0.1) is 13.8 Å². The van der Waals surface area contributed by atoms with Crippen LogP contribution in [0.15, 0.2) is 53.1 Å². The van der Waals surface area contributed by atoms with Crippen LogP contribution < -0.4 is 15.4 Å². The molecular formula is C24H27N3O3. The first-order valence-corrected chi connectivity index (χ1v) is 10.4. The SMILES string of the molecule is Cc1noc(C)c1-c1cc(NC(=O)c2ccccc2)ccc1OC[C@H]1CCCCN1. The van der Waals surface area contributed by atoms with E-state index in [1.807, 2.05) is 50.2 Å². The van der Waals surface area contributed by atoms with E-state index in [1.165, 1.54) is 12.8 Å². The predicted octanol–water partition coefficient (Wildman–Crippen LogP) is 4.73. The number of piperidine rings is 1. The molecule has 1 aliphatic rings. The first-order chi connectivity index (χ1) is 14.6. The minimum absolute atomic E-state index is 0.152. The lowest BCUT2D eigenvalue weighted by molar-refractivity contribution is 0.102. The van der Waals surface area contributed by atoms with Gasteiger partial charge in [-0.25, -0.2) is 0 Å². The summed E-state index contributed by atoms with van der Waals surface area (Å²) in [5, 5.41) is 10.6. The van der Waals surface area contributed by atoms with Gasteiger partial charge in [-0.1, -0.05) is 29.8 Å². The first-order valence-electron chi connectivity index (χ1n) is 10.4. The maximum Gasteiger partial charge on any atom is 0.255 e. The second kappa shape index (κ2) is 9.13. The third-order valence-electron chi connectivity index (χ3n) is 5.43. The average Bonchev–Trinajstić information content (AvgIpc) is 3.12. The van der Waals surface area contributed by atoms with E-state index in [4.69, 9.17) is 9.26 Å². The summed E-state index contributed by atoms with van der Waals surface area (Å²) in [6.07, 6.45) is 3.56. The molecule has 1 aromatic heterocycles. The molecule has 1 fully saturated rings. The van der Waals surface area contributed by atoms with Crippen LogP contribution in [0.1, 0.15) is 41.1 Å². The van der Waals surface area contributed by atoms with Crippen molar-refractivity contribution in [3.63, 3.8) is 0 Å². The van der Waals surface area contributed by atoms with Gasteiger partial charge in [0.15, 0.2) is 0 Å². The molecule has 0 saturated carbocycles. The van der Waals surface area contributed by atoms with Crippen molar-refractivity contribution in [2.24, 2.45) is 0 Å². The lowest BCUT2D eigenvalue weighted by Crippen LogP contribution is -2.38. The number of carbonyl (C=O) groups excluding carboxylic acids is 1. The largest absolute Gasteiger partial charge is 0.491 e. The molecule has 6 nitrogen and oxygen atoms in total. The number of nitrogens with one attached hydrogen (secondary N) is 2. The Morgan fingerprint density at radius 3 is 2.73 bits per heavy atom. The van der Waals surface area contributed by atoms with Gasteiger partial charge in [-0.15, -0.1) is 0 Å². The van der Waals surface area contributed by atoms with Gasteiger partial charge in [-0.3, -0.25) is 4.79 Å². The highest BCUT2D eigenvalue weighted by atomic mass is 16.5. The molecular weight excluding hydrogens is 378 g/mol. The normalized spacial score (nSPS) is 16.3. The van der Waals surface area contributed by atoms with Crippen molar-refractivity contribution < 1.29 is 14.1 Å². The lowest BCUT2D eigenvalue weighted by atomic mass is 10.0. The molecule has 0 radical (unpaired) electrons. The number of rotatable bonds is 6. The standard InChI is InChI=1S/C24H27N3O3/c1-16-23(17(2)30-27-16)21-14-19(26-24(28)18-8-4-3-5-9-18)11-12-22(21)29-15-20-10-6-7-13-25-20/h3-5,8-9,11-12,14,20,25H,6-7,10,13,15H2,1-2H3,(H,26,28)/t20-/m1/s1. The van der Waals surface area contributed by atoms with Crippen molar-refractivity contribution in [1.29, 1.82) is 0 Å². The van der Waals surface area contributed by atoms with Gasteiger partial charge in [0.05, 0.1) is 11.3 Å². The summed E-state index contributed by atoms with van der Waals surface area (Å²) in [5.41, 5.74) is 3.87. The van der Waals surface area contributed by atoms with Crippen LogP contribution in [0.4, 0.5) is 5.69 Å². The molecule has 1 saturated heterocycles. The number of ether oxygens (including phenoxy) is 1. The van der Waals surface area contributed by atoms with Crippen LogP contribution in [-0.2, 0) is 0 Å². The number of anilines is 1. The first kappa shape index (κ1) is 20.2. The quantitative estimate of drug-likeness (QED) is 0.620. The number of hydrogen-bond donors (Lipinski definition) is 2. The lowest BCUT2D eigenvalue weighted by Gasteiger charge is -2.24. The zero-order chi connectivity index (χ0) is 20.9. The van der Waals surface area contributed by atoms with E-state index in [2.05, 4.69) is 15.8 Å². The summed E-state index contributed by atoms with van der Waals surface area (Å²) in [5.74, 6) is 1.33. The summed E-state index contributed by atoms with van der Waals surface area (Å²) in [6, 6.07) is 15.2. The maximum absolute atomic E-state index is 12.6. The third kappa shape index (κ3) is 4.54. The number of carbonyl (C=O) groups is 1. The number of amides is 1. The van der Waals surface area contributed by atoms with Crippen LogP contribution in [0.3, 0.4) is 0 Å². The van der Waals surface area contributed by atoms with E-state index in [1.54, 1.807) is 12.1 Å². The van der Waals surface area contributed by atoms with Gasteiger partial charge < -0.3 is 19.9 Å². The molecule has 0 spiro atoms. The number of nitrogens with zero attached hydrogens (tertiary/aromatic N) is 1. The molecule has 0 bridgehead atoms. The summed E-state index contributed by atoms with van der Waals surface area (Å²) < 4.78 is 11.6. The number of aryl methyl sites for hydroxylation is 2. The van der Waals surface area contributed by atoms with E-state index in [-0.39, 0.29) is 5.91 Å². The van der Waals surface area contributed by atoms with Gasteiger partial charge in [-0.2, -0.15) is 0 Å². The molecule has 156 valence electrons. The van der Waals surface area contributed by atoms with E-state index < -0.39 is 0 Å². The van der Waals surface area contributed by atoms with Gasteiger partial charge in [0.25, 0.3) is 5.91 Å². The maximum atomic E-state index is 12.6. The molecule has 30 heavy (non-hydrogen) atoms. The molecule has 0 aliphatic carbocycles. The Labute approximate surface area is 176 Å². The van der Waals surface area contributed by atoms with Crippen LogP contribution >= 0.6 is 0 Å². The Bertz CT molecular complexity index is 988. The smallest absolute Gasteiger partial charge is 0.255 e. The summed E-state index contributed by atoms with van der Waals surface area (Å²) >= 11 is 0. The van der Waals surface area contributed by atoms with Gasteiger partial charge in [0.2, 0.25) is 0 Å². The van der Waals surface area contributed by atoms with Crippen molar-refractivity contribution in [2.75, 3.05) is 18.5 Å². The minimum atomic E-state index is -0.152. The van der Waals surface area contributed by atoms with E-state index in [0.29, 0.717) is 23.9 Å². The predicted molar refractivity (Wildman–Crippen MR) is 117 cm³/mol. The summed E-state index contributed by atoms with van der Waals surface area (Å²) in [4.78, 5) is 12.6. The Hall–Kier alpha value is -3.12. The van der Waals surface area contributed by atoms with Gasteiger partial charge in [0.1, 0.15) is 18.1 Å². The number of aromatic nitrogens is 1. The van der Waals surface area contributed by atoms with Crippen LogP contribution in [0.25, 0.3) is 11.1 Å². The van der Waals surface area contributed by atoms with Gasteiger partial charge in [-0.05, 0) is 63.6 Å². The average molecular weight is 405 g/mol. The molecule has 2 aromatic carbocycles. The molecule has 4 rings (SSSR count). The molecule has 1 amide bonds. The van der Waals surface area contributed by atoms with Crippen molar-refractivity contribution in [3.8, 4) is 16.9 Å². The third-order valence-corrected chi connectivity index (χ3v) is 5.43. The van der Waals surface area contributed by atoms with E-state index in [0.717, 1.165) is 41.3 Å². The summed E-state index contributed by atoms with van der Waals surface area (Å²) in [6.45, 7) is 5.44. The summed E-state index contributed by atoms with van der Waals surface area (Å²) in [7, 11) is 0. The highest BCUT2D eigenvalue weighted by molar-refractivity contribution is 6.04. The topological polar surface area (TPSA) is 76.4 Å². The van der Waals surface area contributed by atoms with Crippen molar-refractivity contribution in [1.82, 2.24) is 10.5 Å². The van der Waals surface area contributed by atoms with Gasteiger partial charge in [0, 0.05) is 22.9 Å². The molecule has 1 atom stereocenters. The second-order valence-corrected chi connectivity index (χ2v) is 7.69. The van der Waals surface area contributed by atoms with E-state index >= 15 is 0 Å². The fourth-order valence-electron chi connectivity index (χ4n) is 3.85. The second-order valence-electron chi connectivity index (χ2n) is 7.69. The van der Waals surface area contributed by atoms with E-state index in [9.17, 15) is 4.79 Å². The molecule has 2 heterocycles. The Morgan fingerprint density at radius 2 is 2.03 bits per heavy atom. The van der Waals surface area contributed by atoms with Crippen molar-refractivity contribution >= 4 is 11.6 Å². The van der Waals surface area contributed by atoms with Crippen LogP contribution in [0.2, 0.25) is 0 Å². The zero-order valence-electron chi connectivity index (χ0n) is 17.4. The van der Waals surface area contributed by atoms with Crippen LogP contribution in [-0.4, -0.2) is 30.3 Å². The Balaban J connectivity index is 1.60. The fraction of sp³-hybridized carbons (Fsp3) is 0.333. The monoisotopic (exact) mass is 405 g/mol. The van der Waals surface area contributed by atoms with Crippen molar-refractivity contribution in [3.05, 3.63) is 65.5 Å². The van der Waals surface area contributed by atoms with Crippen LogP contribution in [0.5, 0.6) is 5.75 Å². The molecule has 0 unspecified atom stereocenters. The highest BCUT2D eigenvalue weighted by Gasteiger charge is 2.19. The number of benzene rings is 2. The fourth-order valence-corrected chi connectivity index (χ4v) is 3.85. The molecule has 2 N–H and O–H groups in total. The number of hydrogen-bond acceptors (Lipinski definition) is 5. The molecule has 3 aromatic rings. The zero-order valence-corrected chi connectivity index (χ0v) is 17.4. The van der Waals surface area contributed by atoms with Gasteiger partial charge >= 0.3 is 0 Å². The van der Waals surface area contributed by atoms with Crippen molar-refractivity contribution in [2.45, 2.75) is 39.2 Å².